The van der Waals surface area contributed by atoms with Crippen LogP contribution in [0.1, 0.15) is 26.7 Å². The summed E-state index contributed by atoms with van der Waals surface area (Å²) in [6.07, 6.45) is 0.839. The van der Waals surface area contributed by atoms with Gasteiger partial charge in [0, 0.05) is 12.3 Å². The molecular weight excluding hydrogens is 336 g/mol. The van der Waals surface area contributed by atoms with E-state index in [4.69, 9.17) is 22.0 Å². The van der Waals surface area contributed by atoms with Crippen LogP contribution >= 0.6 is 12.6 Å². The lowest BCUT2D eigenvalue weighted by atomic mass is 10.1. The van der Waals surface area contributed by atoms with E-state index in [1.165, 1.54) is 13.8 Å². The van der Waals surface area contributed by atoms with Gasteiger partial charge in [0.05, 0.1) is 6.04 Å². The number of aliphatic carboxylic acids is 1. The lowest BCUT2D eigenvalue weighted by molar-refractivity contribution is -0.146. The first kappa shape index (κ1) is 22.0. The van der Waals surface area contributed by atoms with E-state index in [0.29, 0.717) is 19.4 Å². The molecule has 0 fully saturated rings. The topological polar surface area (TPSA) is 183 Å². The van der Waals surface area contributed by atoms with Gasteiger partial charge in [-0.05, 0) is 26.7 Å². The van der Waals surface area contributed by atoms with Crippen molar-refractivity contribution in [3.05, 3.63) is 0 Å². The molecule has 24 heavy (non-hydrogen) atoms. The number of rotatable bonds is 10. The van der Waals surface area contributed by atoms with Crippen molar-refractivity contribution in [1.29, 1.82) is 5.41 Å². The number of guanidine groups is 1. The maximum atomic E-state index is 12.1. The third-order valence-electron chi connectivity index (χ3n) is 3.13. The fraction of sp³-hybridized carbons (Fsp3) is 0.692. The lowest BCUT2D eigenvalue weighted by Gasteiger charge is -2.25. The van der Waals surface area contributed by atoms with Crippen LogP contribution in [0.4, 0.5) is 0 Å². The molecule has 0 aromatic rings. The van der Waals surface area contributed by atoms with E-state index in [0.717, 1.165) is 0 Å². The average molecular weight is 362 g/mol. The van der Waals surface area contributed by atoms with E-state index < -0.39 is 35.4 Å². The predicted octanol–water partition coefficient (Wildman–Crippen LogP) is -2.03. The van der Waals surface area contributed by atoms with Crippen molar-refractivity contribution in [2.45, 2.75) is 44.3 Å². The fourth-order valence-electron chi connectivity index (χ4n) is 1.60. The number of carboxylic acids is 1. The van der Waals surface area contributed by atoms with Crippen LogP contribution in [-0.2, 0) is 14.4 Å². The van der Waals surface area contributed by atoms with E-state index in [1.807, 2.05) is 0 Å². The van der Waals surface area contributed by atoms with Crippen molar-refractivity contribution in [3.63, 3.8) is 0 Å². The Labute approximate surface area is 146 Å². The number of thiol groups is 1. The molecule has 138 valence electrons. The van der Waals surface area contributed by atoms with Crippen molar-refractivity contribution in [3.8, 4) is 0 Å². The second kappa shape index (κ2) is 9.98. The van der Waals surface area contributed by atoms with Gasteiger partial charge in [-0.1, -0.05) is 0 Å². The number of carbonyl (C=O) groups excluding carboxylic acids is 2. The van der Waals surface area contributed by atoms with Gasteiger partial charge in [0.1, 0.15) is 11.6 Å². The smallest absolute Gasteiger partial charge is 0.328 e. The summed E-state index contributed by atoms with van der Waals surface area (Å²) < 4.78 is 0. The molecule has 0 aliphatic rings. The Bertz CT molecular complexity index is 485. The zero-order valence-electron chi connectivity index (χ0n) is 13.8. The SMILES string of the molecule is CC(C)(NC(=O)[C@H](CS)NC(=O)[C@@H](N)CCCNC(=N)N)C(=O)O. The first-order chi connectivity index (χ1) is 11.0. The quantitative estimate of drug-likeness (QED) is 0.0953. The van der Waals surface area contributed by atoms with Crippen LogP contribution in [0, 0.1) is 5.41 Å². The van der Waals surface area contributed by atoms with Gasteiger partial charge in [0.25, 0.3) is 0 Å². The number of nitrogens with two attached hydrogens (primary N) is 2. The van der Waals surface area contributed by atoms with E-state index in [9.17, 15) is 14.4 Å². The number of nitrogens with one attached hydrogen (secondary N) is 4. The van der Waals surface area contributed by atoms with E-state index >= 15 is 0 Å². The maximum absolute atomic E-state index is 12.1. The Hall–Kier alpha value is -2.01. The summed E-state index contributed by atoms with van der Waals surface area (Å²) >= 11 is 4.00. The molecule has 9 N–H and O–H groups in total. The standard InChI is InChI=1S/C13H26N6O4S/c1-13(2,11(22)23)19-10(21)8(6-24)18-9(20)7(14)4-3-5-17-12(15)16/h7-8,24H,3-6,14H2,1-2H3,(H,18,20)(H,19,21)(H,22,23)(H4,15,16,17)/t7-,8-/m0/s1. The summed E-state index contributed by atoms with van der Waals surface area (Å²) in [5, 5.41) is 23.4. The summed E-state index contributed by atoms with van der Waals surface area (Å²) in [6, 6.07) is -1.85. The Kier molecular flexibility index (Phi) is 9.14. The van der Waals surface area contributed by atoms with Crippen LogP contribution in [0.5, 0.6) is 0 Å². The first-order valence-corrected chi connectivity index (χ1v) is 7.94. The van der Waals surface area contributed by atoms with E-state index in [-0.39, 0.29) is 11.7 Å². The molecule has 0 unspecified atom stereocenters. The summed E-state index contributed by atoms with van der Waals surface area (Å²) in [5.74, 6) is -2.57. The molecule has 0 spiro atoms. The highest BCUT2D eigenvalue weighted by atomic mass is 32.1. The van der Waals surface area contributed by atoms with Gasteiger partial charge in [-0.25, -0.2) is 4.79 Å². The minimum Gasteiger partial charge on any atom is -0.480 e. The van der Waals surface area contributed by atoms with Crippen LogP contribution in [0.3, 0.4) is 0 Å². The van der Waals surface area contributed by atoms with Crippen molar-refractivity contribution >= 4 is 36.4 Å². The Morgan fingerprint density at radius 2 is 1.88 bits per heavy atom. The Morgan fingerprint density at radius 3 is 2.33 bits per heavy atom. The summed E-state index contributed by atoms with van der Waals surface area (Å²) in [6.45, 7) is 3.07. The van der Waals surface area contributed by atoms with Gasteiger partial charge >= 0.3 is 5.97 Å². The molecule has 0 rings (SSSR count). The predicted molar refractivity (Wildman–Crippen MR) is 92.8 cm³/mol. The highest BCUT2D eigenvalue weighted by molar-refractivity contribution is 7.80. The third kappa shape index (κ3) is 8.02. The second-order valence-corrected chi connectivity index (χ2v) is 6.12. The monoisotopic (exact) mass is 362 g/mol. The van der Waals surface area contributed by atoms with Gasteiger partial charge < -0.3 is 32.5 Å². The van der Waals surface area contributed by atoms with Crippen LogP contribution in [0.15, 0.2) is 0 Å². The second-order valence-electron chi connectivity index (χ2n) is 5.75. The van der Waals surface area contributed by atoms with Crippen LogP contribution < -0.4 is 27.4 Å². The fourth-order valence-corrected chi connectivity index (χ4v) is 1.85. The van der Waals surface area contributed by atoms with Gasteiger partial charge in [-0.3, -0.25) is 15.0 Å². The molecule has 0 radical (unpaired) electrons. The molecule has 0 saturated carbocycles. The van der Waals surface area contributed by atoms with Gasteiger partial charge in [-0.15, -0.1) is 0 Å². The normalized spacial score (nSPS) is 13.5. The summed E-state index contributed by atoms with van der Waals surface area (Å²) in [5.41, 5.74) is 9.39. The minimum atomic E-state index is -1.47. The van der Waals surface area contributed by atoms with Crippen LogP contribution in [-0.4, -0.2) is 58.8 Å². The Balaban J connectivity index is 4.48. The van der Waals surface area contributed by atoms with Crippen molar-refractivity contribution in [2.75, 3.05) is 12.3 Å². The lowest BCUT2D eigenvalue weighted by Crippen LogP contribution is -2.58. The highest BCUT2D eigenvalue weighted by Gasteiger charge is 2.32. The Morgan fingerprint density at radius 1 is 1.29 bits per heavy atom. The number of hydrogen-bond donors (Lipinski definition) is 8. The summed E-state index contributed by atoms with van der Waals surface area (Å²) in [7, 11) is 0. The number of carboxylic acid groups (broad SMARTS) is 1. The number of amides is 2. The molecule has 2 amide bonds. The van der Waals surface area contributed by atoms with Crippen LogP contribution in [0.25, 0.3) is 0 Å². The first-order valence-electron chi connectivity index (χ1n) is 7.31. The van der Waals surface area contributed by atoms with Gasteiger partial charge in [-0.2, -0.15) is 12.6 Å². The van der Waals surface area contributed by atoms with Crippen molar-refractivity contribution in [2.24, 2.45) is 11.5 Å². The molecule has 0 heterocycles. The summed E-state index contributed by atoms with van der Waals surface area (Å²) in [4.78, 5) is 35.1. The molecule has 0 bridgehead atoms. The molecule has 0 aromatic heterocycles. The molecule has 0 aliphatic heterocycles. The molecule has 0 saturated heterocycles. The molecule has 0 aromatic carbocycles. The molecule has 0 aliphatic carbocycles. The molecule has 2 atom stereocenters. The van der Waals surface area contributed by atoms with Crippen molar-refractivity contribution in [1.82, 2.24) is 16.0 Å². The largest absolute Gasteiger partial charge is 0.480 e. The zero-order valence-corrected chi connectivity index (χ0v) is 14.7. The van der Waals surface area contributed by atoms with E-state index in [1.54, 1.807) is 0 Å². The zero-order chi connectivity index (χ0) is 18.9. The van der Waals surface area contributed by atoms with Crippen LogP contribution in [0.2, 0.25) is 0 Å². The number of hydrogen-bond acceptors (Lipinski definition) is 6. The molecular formula is C13H26N6O4S. The highest BCUT2D eigenvalue weighted by Crippen LogP contribution is 2.04. The van der Waals surface area contributed by atoms with Crippen molar-refractivity contribution < 1.29 is 19.5 Å². The average Bonchev–Trinajstić information content (AvgIpc) is 2.47. The number of carbonyl (C=O) groups is 3. The maximum Gasteiger partial charge on any atom is 0.328 e. The van der Waals surface area contributed by atoms with E-state index in [2.05, 4.69) is 28.6 Å². The minimum absolute atomic E-state index is 0.00805. The molecule has 10 nitrogen and oxygen atoms in total. The van der Waals surface area contributed by atoms with Gasteiger partial charge in [0.15, 0.2) is 5.96 Å². The van der Waals surface area contributed by atoms with Gasteiger partial charge in [0.2, 0.25) is 11.8 Å². The molecule has 11 heteroatoms. The third-order valence-corrected chi connectivity index (χ3v) is 3.50.